The second-order valence-corrected chi connectivity index (χ2v) is 4.55. The first kappa shape index (κ1) is 14.7. The quantitative estimate of drug-likeness (QED) is 0.813. The van der Waals surface area contributed by atoms with Crippen LogP contribution in [0.15, 0.2) is 22.7 Å². The normalized spacial score (nSPS) is 11.8. The first-order valence-electron chi connectivity index (χ1n) is 5.25. The van der Waals surface area contributed by atoms with Gasteiger partial charge in [0.05, 0.1) is 13.7 Å². The zero-order valence-corrected chi connectivity index (χ0v) is 11.7. The fourth-order valence-corrected chi connectivity index (χ4v) is 1.60. The highest BCUT2D eigenvalue weighted by Crippen LogP contribution is 2.17. The fraction of sp³-hybridized carbons (Fsp3) is 0.333. The van der Waals surface area contributed by atoms with E-state index in [0.717, 1.165) is 10.0 Å². The molecular weight excluding hydrogens is 302 g/mol. The maximum atomic E-state index is 11.9. The maximum Gasteiger partial charge on any atom is 0.330 e. The van der Waals surface area contributed by atoms with Gasteiger partial charge in [-0.25, -0.2) is 4.79 Å². The molecule has 1 amide bonds. The minimum Gasteiger partial charge on any atom is -0.467 e. The largest absolute Gasteiger partial charge is 0.467 e. The molecule has 0 saturated heterocycles. The summed E-state index contributed by atoms with van der Waals surface area (Å²) in [6.07, 6.45) is 0. The molecule has 0 aromatic heterocycles. The average Bonchev–Trinajstić information content (AvgIpc) is 2.37. The van der Waals surface area contributed by atoms with E-state index in [2.05, 4.69) is 26.0 Å². The number of aliphatic hydroxyl groups is 1. The number of nitrogens with one attached hydrogen (secondary N) is 1. The van der Waals surface area contributed by atoms with E-state index in [1.807, 2.05) is 6.92 Å². The molecule has 0 fully saturated rings. The Morgan fingerprint density at radius 3 is 2.67 bits per heavy atom. The van der Waals surface area contributed by atoms with Crippen molar-refractivity contribution < 1.29 is 19.4 Å². The van der Waals surface area contributed by atoms with Crippen LogP contribution >= 0.6 is 15.9 Å². The smallest absolute Gasteiger partial charge is 0.330 e. The summed E-state index contributed by atoms with van der Waals surface area (Å²) in [6, 6.07) is 4.01. The van der Waals surface area contributed by atoms with Gasteiger partial charge in [0.25, 0.3) is 5.91 Å². The molecule has 0 saturated carbocycles. The summed E-state index contributed by atoms with van der Waals surface area (Å²) in [5.74, 6) is -1.12. The van der Waals surface area contributed by atoms with Gasteiger partial charge in [-0.1, -0.05) is 15.9 Å². The van der Waals surface area contributed by atoms with Gasteiger partial charge in [0.1, 0.15) is 0 Å². The van der Waals surface area contributed by atoms with Gasteiger partial charge in [-0.3, -0.25) is 4.79 Å². The van der Waals surface area contributed by atoms with Gasteiger partial charge < -0.3 is 15.2 Å². The van der Waals surface area contributed by atoms with Crippen LogP contribution in [0.4, 0.5) is 0 Å². The molecule has 0 spiro atoms. The highest BCUT2D eigenvalue weighted by molar-refractivity contribution is 9.10. The molecule has 1 atom stereocenters. The third kappa shape index (κ3) is 3.54. The molecule has 5 nitrogen and oxygen atoms in total. The van der Waals surface area contributed by atoms with E-state index in [1.165, 1.54) is 7.11 Å². The number of rotatable bonds is 4. The number of esters is 1. The van der Waals surface area contributed by atoms with Gasteiger partial charge in [-0.15, -0.1) is 0 Å². The second kappa shape index (κ2) is 6.51. The molecule has 18 heavy (non-hydrogen) atoms. The minimum atomic E-state index is -1.05. The lowest BCUT2D eigenvalue weighted by Gasteiger charge is -2.14. The lowest BCUT2D eigenvalue weighted by Crippen LogP contribution is -2.44. The number of methoxy groups -OCH3 is 1. The van der Waals surface area contributed by atoms with Crippen molar-refractivity contribution in [3.05, 3.63) is 33.8 Å². The average molecular weight is 316 g/mol. The predicted molar refractivity (Wildman–Crippen MR) is 69.2 cm³/mol. The van der Waals surface area contributed by atoms with E-state index < -0.39 is 24.5 Å². The third-order valence-electron chi connectivity index (χ3n) is 2.39. The Kier molecular flexibility index (Phi) is 5.30. The Balaban J connectivity index is 2.81. The van der Waals surface area contributed by atoms with E-state index in [9.17, 15) is 9.59 Å². The van der Waals surface area contributed by atoms with Crippen LogP contribution in [-0.4, -0.2) is 36.7 Å². The van der Waals surface area contributed by atoms with Gasteiger partial charge in [0, 0.05) is 10.0 Å². The van der Waals surface area contributed by atoms with Gasteiger partial charge in [0.15, 0.2) is 6.04 Å². The maximum absolute atomic E-state index is 11.9. The number of amides is 1. The van der Waals surface area contributed by atoms with Crippen LogP contribution in [0.3, 0.4) is 0 Å². The van der Waals surface area contributed by atoms with Gasteiger partial charge >= 0.3 is 5.97 Å². The van der Waals surface area contributed by atoms with Crippen LogP contribution in [-0.2, 0) is 9.53 Å². The first-order chi connectivity index (χ1) is 8.49. The fourth-order valence-electron chi connectivity index (χ4n) is 1.35. The second-order valence-electron chi connectivity index (χ2n) is 3.70. The molecule has 1 aromatic rings. The molecular formula is C12H14BrNO4. The number of hydrogen-bond donors (Lipinski definition) is 2. The highest BCUT2D eigenvalue weighted by Gasteiger charge is 2.21. The summed E-state index contributed by atoms with van der Waals surface area (Å²) >= 11 is 3.33. The van der Waals surface area contributed by atoms with Crippen molar-refractivity contribution in [2.45, 2.75) is 13.0 Å². The van der Waals surface area contributed by atoms with Crippen LogP contribution in [0.2, 0.25) is 0 Å². The number of halogens is 1. The zero-order valence-electron chi connectivity index (χ0n) is 10.1. The van der Waals surface area contributed by atoms with Crippen molar-refractivity contribution in [1.29, 1.82) is 0 Å². The summed E-state index contributed by atoms with van der Waals surface area (Å²) < 4.78 is 5.36. The van der Waals surface area contributed by atoms with Crippen molar-refractivity contribution >= 4 is 27.8 Å². The Morgan fingerprint density at radius 1 is 1.50 bits per heavy atom. The lowest BCUT2D eigenvalue weighted by molar-refractivity contribution is -0.143. The standard InChI is InChI=1S/C12H14BrNO4/c1-7-5-8(3-4-9(7)13)11(16)14-10(6-15)12(17)18-2/h3-5,10,15H,6H2,1-2H3,(H,14,16). The van der Waals surface area contributed by atoms with Crippen molar-refractivity contribution in [1.82, 2.24) is 5.32 Å². The van der Waals surface area contributed by atoms with E-state index in [-0.39, 0.29) is 0 Å². The highest BCUT2D eigenvalue weighted by atomic mass is 79.9. The Bertz CT molecular complexity index is 461. The summed E-state index contributed by atoms with van der Waals surface area (Å²) in [4.78, 5) is 23.1. The summed E-state index contributed by atoms with van der Waals surface area (Å²) in [6.45, 7) is 1.35. The van der Waals surface area contributed by atoms with Gasteiger partial charge in [0.2, 0.25) is 0 Å². The van der Waals surface area contributed by atoms with Crippen molar-refractivity contribution in [2.75, 3.05) is 13.7 Å². The number of aryl methyl sites for hydroxylation is 1. The summed E-state index contributed by atoms with van der Waals surface area (Å²) in [5.41, 5.74) is 1.32. The Morgan fingerprint density at radius 2 is 2.17 bits per heavy atom. The molecule has 1 rings (SSSR count). The predicted octanol–water partition coefficient (Wildman–Crippen LogP) is 1.02. The molecule has 0 bridgehead atoms. The molecule has 98 valence electrons. The first-order valence-corrected chi connectivity index (χ1v) is 6.04. The van der Waals surface area contributed by atoms with E-state index in [4.69, 9.17) is 5.11 Å². The summed E-state index contributed by atoms with van der Waals surface area (Å²) in [7, 11) is 1.20. The number of carbonyl (C=O) groups is 2. The SMILES string of the molecule is COC(=O)C(CO)NC(=O)c1ccc(Br)c(C)c1. The molecule has 0 heterocycles. The van der Waals surface area contributed by atoms with Crippen LogP contribution < -0.4 is 5.32 Å². The van der Waals surface area contributed by atoms with Crippen LogP contribution in [0.5, 0.6) is 0 Å². The van der Waals surface area contributed by atoms with Crippen LogP contribution in [0.25, 0.3) is 0 Å². The number of hydrogen-bond acceptors (Lipinski definition) is 4. The van der Waals surface area contributed by atoms with Gasteiger partial charge in [-0.2, -0.15) is 0 Å². The number of aliphatic hydroxyl groups excluding tert-OH is 1. The molecule has 1 unspecified atom stereocenters. The number of ether oxygens (including phenoxy) is 1. The molecule has 2 N–H and O–H groups in total. The summed E-state index contributed by atoms with van der Waals surface area (Å²) in [5, 5.41) is 11.4. The number of benzene rings is 1. The monoisotopic (exact) mass is 315 g/mol. The lowest BCUT2D eigenvalue weighted by atomic mass is 10.1. The molecule has 0 aliphatic rings. The van der Waals surface area contributed by atoms with E-state index in [0.29, 0.717) is 5.56 Å². The third-order valence-corrected chi connectivity index (χ3v) is 3.28. The van der Waals surface area contributed by atoms with Crippen LogP contribution in [0, 0.1) is 6.92 Å². The molecule has 0 aliphatic heterocycles. The van der Waals surface area contributed by atoms with Crippen LogP contribution in [0.1, 0.15) is 15.9 Å². The number of carbonyl (C=O) groups excluding carboxylic acids is 2. The molecule has 1 aromatic carbocycles. The molecule has 0 radical (unpaired) electrons. The van der Waals surface area contributed by atoms with Crippen molar-refractivity contribution in [3.63, 3.8) is 0 Å². The zero-order chi connectivity index (χ0) is 13.7. The molecule has 0 aliphatic carbocycles. The molecule has 6 heteroatoms. The Labute approximate surface area is 113 Å². The topological polar surface area (TPSA) is 75.6 Å². The van der Waals surface area contributed by atoms with E-state index in [1.54, 1.807) is 18.2 Å². The van der Waals surface area contributed by atoms with Crippen molar-refractivity contribution in [2.24, 2.45) is 0 Å². The Hall–Kier alpha value is -1.40. The van der Waals surface area contributed by atoms with E-state index >= 15 is 0 Å². The van der Waals surface area contributed by atoms with Crippen molar-refractivity contribution in [3.8, 4) is 0 Å². The minimum absolute atomic E-state index is 0.415. The van der Waals surface area contributed by atoms with Gasteiger partial charge in [-0.05, 0) is 30.7 Å².